The van der Waals surface area contributed by atoms with Crippen molar-refractivity contribution in [3.8, 4) is 16.9 Å². The number of carbonyl (C=O) groups is 6. The Hall–Kier alpha value is -7.35. The monoisotopic (exact) mass is 824 g/mol. The summed E-state index contributed by atoms with van der Waals surface area (Å²) in [4.78, 5) is 85.8. The van der Waals surface area contributed by atoms with Gasteiger partial charge in [-0.05, 0) is 77.4 Å². The molecule has 5 aromatic rings. The fourth-order valence-corrected chi connectivity index (χ4v) is 6.84. The molecule has 2 aliphatic rings. The molecule has 5 atom stereocenters. The van der Waals surface area contributed by atoms with Gasteiger partial charge < -0.3 is 36.4 Å². The van der Waals surface area contributed by atoms with E-state index in [2.05, 4.69) is 31.6 Å². The molecular formula is C47H48N6O8. The molecule has 6 N–H and O–H groups in total. The minimum Gasteiger partial charge on any atom is -0.484 e. The van der Waals surface area contributed by atoms with E-state index in [4.69, 9.17) is 4.74 Å². The average Bonchev–Trinajstić information content (AvgIpc) is 3.27. The van der Waals surface area contributed by atoms with Crippen LogP contribution in [0.4, 0.5) is 0 Å². The number of rotatable bonds is 11. The van der Waals surface area contributed by atoms with Crippen LogP contribution in [0.1, 0.15) is 35.6 Å². The Bertz CT molecular complexity index is 2280. The van der Waals surface area contributed by atoms with Gasteiger partial charge in [0.15, 0.2) is 6.61 Å². The first-order chi connectivity index (χ1) is 29.5. The zero-order valence-electron chi connectivity index (χ0n) is 33.6. The van der Waals surface area contributed by atoms with Crippen molar-refractivity contribution in [1.29, 1.82) is 0 Å². The number of hydrogen-bond donors (Lipinski definition) is 6. The number of aromatic nitrogens is 1. The van der Waals surface area contributed by atoms with E-state index in [-0.39, 0.29) is 25.7 Å². The second-order valence-electron chi connectivity index (χ2n) is 14.9. The van der Waals surface area contributed by atoms with Crippen molar-refractivity contribution in [2.45, 2.75) is 69.2 Å². The fraction of sp³-hybridized carbons (Fsp3) is 0.255. The first-order valence-corrected chi connectivity index (χ1v) is 20.0. The van der Waals surface area contributed by atoms with Crippen molar-refractivity contribution < 1.29 is 38.6 Å². The summed E-state index contributed by atoms with van der Waals surface area (Å²) in [6.07, 6.45) is 3.67. The number of aryl methyl sites for hydroxylation is 1. The molecule has 7 rings (SSSR count). The molecule has 0 fully saturated rings. The Morgan fingerprint density at radius 2 is 1.23 bits per heavy atom. The molecule has 61 heavy (non-hydrogen) atoms. The highest BCUT2D eigenvalue weighted by Crippen LogP contribution is 2.20. The second kappa shape index (κ2) is 21.1. The Kier molecular flexibility index (Phi) is 14.9. The van der Waals surface area contributed by atoms with Crippen molar-refractivity contribution in [3.63, 3.8) is 0 Å². The van der Waals surface area contributed by atoms with Crippen LogP contribution < -0.4 is 31.3 Å². The van der Waals surface area contributed by atoms with E-state index in [0.717, 1.165) is 16.7 Å². The number of carbonyl (C=O) groups excluding carboxylic acids is 5. The lowest BCUT2D eigenvalue weighted by Gasteiger charge is -2.27. The summed E-state index contributed by atoms with van der Waals surface area (Å²) in [6, 6.07) is 30.5. The number of amides is 5. The molecule has 0 radical (unpaired) electrons. The molecule has 0 saturated carbocycles. The third kappa shape index (κ3) is 12.8. The predicted octanol–water partition coefficient (Wildman–Crippen LogP) is 3.33. The number of ether oxygens (including phenoxy) is 1. The third-order valence-corrected chi connectivity index (χ3v) is 10.3. The summed E-state index contributed by atoms with van der Waals surface area (Å²) in [5.74, 6) is -4.30. The third-order valence-electron chi connectivity index (χ3n) is 10.3. The van der Waals surface area contributed by atoms with Gasteiger partial charge in [0.25, 0.3) is 5.91 Å². The summed E-state index contributed by atoms with van der Waals surface area (Å²) < 4.78 is 5.74. The standard InChI is InChI=1S/C47H48N6O8/c1-30(47(59)60)49-44(56)40-27-33-14-19-37(20-15-33)61-29-42(54)50-39(28-34-22-24-48-25-23-34)45(57)53-41(26-32-12-17-36(18-13-32)35-10-6-3-7-11-35)46(58)51-38(43(55)52-40)21-16-31-8-4-2-5-9-31/h2-15,17-20,22-25,30,38-41H,16,21,26-29H2,1H3,(H,49,56)(H,50,54)(H,51,58)(H,52,55)(H,53,57)(H,59,60). The molecule has 2 bridgehead atoms. The highest BCUT2D eigenvalue weighted by atomic mass is 16.5. The quantitative estimate of drug-likeness (QED) is 0.108. The van der Waals surface area contributed by atoms with E-state index in [0.29, 0.717) is 28.9 Å². The Balaban J connectivity index is 1.35. The van der Waals surface area contributed by atoms with Gasteiger partial charge in [0.2, 0.25) is 23.6 Å². The number of carboxylic acids is 1. The topological polar surface area (TPSA) is 205 Å². The number of hydrogen-bond acceptors (Lipinski definition) is 8. The molecule has 5 unspecified atom stereocenters. The average molecular weight is 825 g/mol. The molecule has 3 heterocycles. The van der Waals surface area contributed by atoms with Gasteiger partial charge in [-0.3, -0.25) is 33.8 Å². The Labute approximate surface area is 353 Å². The summed E-state index contributed by atoms with van der Waals surface area (Å²) in [5, 5.41) is 23.2. The molecular weight excluding hydrogens is 777 g/mol. The lowest BCUT2D eigenvalue weighted by molar-refractivity contribution is -0.141. The number of pyridine rings is 1. The minimum atomic E-state index is -1.26. The van der Waals surface area contributed by atoms with Crippen molar-refractivity contribution in [2.24, 2.45) is 0 Å². The Morgan fingerprint density at radius 1 is 0.672 bits per heavy atom. The van der Waals surface area contributed by atoms with Gasteiger partial charge in [-0.1, -0.05) is 97.1 Å². The number of fused-ring (bicyclic) bond motifs is 16. The zero-order chi connectivity index (χ0) is 43.1. The largest absolute Gasteiger partial charge is 0.484 e. The number of nitrogens with one attached hydrogen (secondary N) is 5. The van der Waals surface area contributed by atoms with E-state index in [9.17, 15) is 33.9 Å². The van der Waals surface area contributed by atoms with Gasteiger partial charge in [0.1, 0.15) is 36.0 Å². The van der Waals surface area contributed by atoms with Crippen molar-refractivity contribution in [2.75, 3.05) is 6.61 Å². The molecule has 0 aliphatic carbocycles. The van der Waals surface area contributed by atoms with Gasteiger partial charge in [0, 0.05) is 31.7 Å². The van der Waals surface area contributed by atoms with Crippen molar-refractivity contribution >= 4 is 35.5 Å². The van der Waals surface area contributed by atoms with Gasteiger partial charge >= 0.3 is 5.97 Å². The summed E-state index contributed by atoms with van der Waals surface area (Å²) in [7, 11) is 0. The molecule has 4 aromatic carbocycles. The predicted molar refractivity (Wildman–Crippen MR) is 227 cm³/mol. The van der Waals surface area contributed by atoms with Crippen LogP contribution in [0.2, 0.25) is 0 Å². The van der Waals surface area contributed by atoms with Crippen LogP contribution in [0, 0.1) is 0 Å². The Morgan fingerprint density at radius 3 is 1.87 bits per heavy atom. The second-order valence-corrected chi connectivity index (χ2v) is 14.9. The van der Waals surface area contributed by atoms with E-state index < -0.39 is 72.3 Å². The fourth-order valence-electron chi connectivity index (χ4n) is 6.84. The minimum absolute atomic E-state index is 0.0186. The lowest BCUT2D eigenvalue weighted by Crippen LogP contribution is -2.59. The van der Waals surface area contributed by atoms with E-state index >= 15 is 0 Å². The number of carboxylic acid groups (broad SMARTS) is 1. The van der Waals surface area contributed by atoms with Crippen LogP contribution in [0.3, 0.4) is 0 Å². The first kappa shape index (κ1) is 43.2. The van der Waals surface area contributed by atoms with Crippen LogP contribution in [0.5, 0.6) is 5.75 Å². The number of aliphatic carboxylic acids is 1. The summed E-state index contributed by atoms with van der Waals surface area (Å²) >= 11 is 0. The lowest BCUT2D eigenvalue weighted by atomic mass is 9.98. The number of nitrogens with zero attached hydrogens (tertiary/aromatic N) is 1. The van der Waals surface area contributed by atoms with E-state index in [1.54, 1.807) is 48.8 Å². The normalized spacial score (nSPS) is 19.3. The molecule has 0 spiro atoms. The van der Waals surface area contributed by atoms with Gasteiger partial charge in [-0.15, -0.1) is 0 Å². The van der Waals surface area contributed by atoms with Crippen LogP contribution in [-0.2, 0) is 54.5 Å². The maximum absolute atomic E-state index is 14.5. The smallest absolute Gasteiger partial charge is 0.325 e. The zero-order valence-corrected chi connectivity index (χ0v) is 33.6. The van der Waals surface area contributed by atoms with Gasteiger partial charge in [0.05, 0.1) is 0 Å². The van der Waals surface area contributed by atoms with Crippen LogP contribution in [0.15, 0.2) is 134 Å². The molecule has 314 valence electrons. The van der Waals surface area contributed by atoms with Crippen molar-refractivity contribution in [1.82, 2.24) is 31.6 Å². The molecule has 14 nitrogen and oxygen atoms in total. The maximum Gasteiger partial charge on any atom is 0.325 e. The maximum atomic E-state index is 14.5. The van der Waals surface area contributed by atoms with Gasteiger partial charge in [-0.25, -0.2) is 0 Å². The molecule has 2 aliphatic heterocycles. The summed E-state index contributed by atoms with van der Waals surface area (Å²) in [6.45, 7) is 0.872. The molecule has 1 aromatic heterocycles. The molecule has 14 heteroatoms. The van der Waals surface area contributed by atoms with Crippen LogP contribution >= 0.6 is 0 Å². The highest BCUT2D eigenvalue weighted by molar-refractivity contribution is 5.96. The van der Waals surface area contributed by atoms with Gasteiger partial charge in [-0.2, -0.15) is 0 Å². The van der Waals surface area contributed by atoms with E-state index in [1.165, 1.54) is 6.92 Å². The highest BCUT2D eigenvalue weighted by Gasteiger charge is 2.33. The van der Waals surface area contributed by atoms with Crippen LogP contribution in [-0.4, -0.2) is 82.4 Å². The molecule has 5 amide bonds. The van der Waals surface area contributed by atoms with E-state index in [1.807, 2.05) is 84.9 Å². The van der Waals surface area contributed by atoms with Crippen molar-refractivity contribution in [3.05, 3.63) is 156 Å². The first-order valence-electron chi connectivity index (χ1n) is 20.0. The summed E-state index contributed by atoms with van der Waals surface area (Å²) in [5.41, 5.74) is 4.85. The molecule has 0 saturated heterocycles. The SMILES string of the molecule is CC(NC(=O)C1Cc2ccc(cc2)OCC(=O)NC(Cc2ccncc2)C(=O)NC(Cc2ccc(-c3ccccc3)cc2)C(=O)NC(CCc2ccccc2)C(=O)N1)C(=O)O. The number of benzene rings is 4. The van der Waals surface area contributed by atoms with Crippen LogP contribution in [0.25, 0.3) is 11.1 Å².